The number of hydrogen-bond acceptors (Lipinski definition) is 4. The molecule has 7 heteroatoms. The number of hydrogen-bond donors (Lipinski definition) is 1. The molecular weight excluding hydrogens is 326 g/mol. The minimum absolute atomic E-state index is 0.0532. The zero-order valence-corrected chi connectivity index (χ0v) is 11.6. The molecule has 0 saturated heterocycles. The van der Waals surface area contributed by atoms with E-state index in [1.807, 2.05) is 0 Å². The monoisotopic (exact) mass is 333 g/mol. The fourth-order valence-electron chi connectivity index (χ4n) is 1.76. The van der Waals surface area contributed by atoms with Gasteiger partial charge in [0.1, 0.15) is 11.3 Å². The molecule has 100 valence electrons. The number of aromatic nitrogens is 3. The van der Waals surface area contributed by atoms with Crippen LogP contribution in [0.2, 0.25) is 0 Å². The third kappa shape index (κ3) is 2.23. The minimum Gasteiger partial charge on any atom is -0.478 e. The van der Waals surface area contributed by atoms with Gasteiger partial charge in [-0.1, -0.05) is 6.07 Å². The Labute approximate surface area is 121 Å². The Balaban J connectivity index is 2.15. The van der Waals surface area contributed by atoms with E-state index in [2.05, 4.69) is 26.0 Å². The fourth-order valence-corrected chi connectivity index (χ4v) is 2.07. The van der Waals surface area contributed by atoms with Gasteiger partial charge < -0.3 is 9.52 Å². The number of pyridine rings is 1. The fraction of sp³-hybridized carbons (Fsp3) is 0. The summed E-state index contributed by atoms with van der Waals surface area (Å²) in [6.07, 6.45) is 3.02. The summed E-state index contributed by atoms with van der Waals surface area (Å²) in [5, 5.41) is 13.5. The first kappa shape index (κ1) is 12.6. The number of carboxylic acid groups (broad SMARTS) is 1. The van der Waals surface area contributed by atoms with Gasteiger partial charge >= 0.3 is 5.97 Å². The van der Waals surface area contributed by atoms with E-state index in [1.54, 1.807) is 36.5 Å². The van der Waals surface area contributed by atoms with E-state index in [0.29, 0.717) is 16.2 Å². The lowest BCUT2D eigenvalue weighted by molar-refractivity contribution is 0.0697. The van der Waals surface area contributed by atoms with Crippen molar-refractivity contribution in [3.63, 3.8) is 0 Å². The number of carboxylic acids is 1. The van der Waals surface area contributed by atoms with E-state index in [-0.39, 0.29) is 11.3 Å². The number of furan rings is 1. The second-order valence-electron chi connectivity index (χ2n) is 3.93. The van der Waals surface area contributed by atoms with Crippen LogP contribution in [-0.2, 0) is 0 Å². The number of aromatic carboxylic acids is 1. The number of halogens is 1. The van der Waals surface area contributed by atoms with Gasteiger partial charge in [-0.15, -0.1) is 0 Å². The third-order valence-electron chi connectivity index (χ3n) is 2.64. The summed E-state index contributed by atoms with van der Waals surface area (Å²) < 4.78 is 7.29. The van der Waals surface area contributed by atoms with Gasteiger partial charge in [-0.3, -0.25) is 0 Å². The van der Waals surface area contributed by atoms with Crippen LogP contribution in [0.4, 0.5) is 0 Å². The van der Waals surface area contributed by atoms with Crippen LogP contribution in [-0.4, -0.2) is 25.8 Å². The van der Waals surface area contributed by atoms with Gasteiger partial charge in [0.15, 0.2) is 16.2 Å². The third-order valence-corrected chi connectivity index (χ3v) is 3.06. The molecule has 3 rings (SSSR count). The van der Waals surface area contributed by atoms with E-state index in [4.69, 9.17) is 4.42 Å². The van der Waals surface area contributed by atoms with Gasteiger partial charge in [0, 0.05) is 12.4 Å². The molecule has 0 aliphatic rings. The molecule has 0 aromatic carbocycles. The second-order valence-corrected chi connectivity index (χ2v) is 4.71. The van der Waals surface area contributed by atoms with Crippen LogP contribution < -0.4 is 0 Å². The summed E-state index contributed by atoms with van der Waals surface area (Å²) in [6, 6.07) is 8.64. The molecule has 0 saturated carbocycles. The number of nitrogens with zero attached hydrogens (tertiary/aromatic N) is 3. The zero-order chi connectivity index (χ0) is 14.1. The van der Waals surface area contributed by atoms with E-state index in [1.165, 1.54) is 10.9 Å². The standard InChI is InChI=1S/C13H8BrN3O3/c14-10-5-4-9(20-10)12-8(13(18)19)7-17(16-12)11-3-1-2-6-15-11/h1-7H,(H,18,19). The normalized spacial score (nSPS) is 10.7. The van der Waals surface area contributed by atoms with Crippen molar-refractivity contribution in [2.75, 3.05) is 0 Å². The van der Waals surface area contributed by atoms with Crippen molar-refractivity contribution < 1.29 is 14.3 Å². The summed E-state index contributed by atoms with van der Waals surface area (Å²) in [5.74, 6) is -0.162. The lowest BCUT2D eigenvalue weighted by atomic mass is 10.2. The molecule has 0 unspecified atom stereocenters. The number of rotatable bonds is 3. The SMILES string of the molecule is O=C(O)c1cn(-c2ccccn2)nc1-c1ccc(Br)o1. The maximum atomic E-state index is 11.3. The molecule has 0 aliphatic carbocycles. The molecular formula is C13H8BrN3O3. The molecule has 3 aromatic heterocycles. The second kappa shape index (κ2) is 4.93. The number of carbonyl (C=O) groups is 1. The lowest BCUT2D eigenvalue weighted by Crippen LogP contribution is -1.97. The Bertz CT molecular complexity index is 764. The van der Waals surface area contributed by atoms with Gasteiger partial charge in [-0.05, 0) is 40.2 Å². The summed E-state index contributed by atoms with van der Waals surface area (Å²) in [6.45, 7) is 0. The Hall–Kier alpha value is -2.41. The van der Waals surface area contributed by atoms with Gasteiger partial charge in [-0.25, -0.2) is 14.5 Å². The van der Waals surface area contributed by atoms with Gasteiger partial charge in [0.25, 0.3) is 0 Å². The van der Waals surface area contributed by atoms with Crippen LogP contribution >= 0.6 is 15.9 Å². The smallest absolute Gasteiger partial charge is 0.339 e. The van der Waals surface area contributed by atoms with Crippen molar-refractivity contribution in [2.45, 2.75) is 0 Å². The zero-order valence-electron chi connectivity index (χ0n) is 10.0. The highest BCUT2D eigenvalue weighted by atomic mass is 79.9. The minimum atomic E-state index is -1.07. The van der Waals surface area contributed by atoms with E-state index in [9.17, 15) is 9.90 Å². The predicted molar refractivity (Wildman–Crippen MR) is 73.7 cm³/mol. The van der Waals surface area contributed by atoms with Crippen molar-refractivity contribution in [3.05, 3.63) is 53.0 Å². The molecule has 0 aliphatic heterocycles. The van der Waals surface area contributed by atoms with Crippen LogP contribution in [0.25, 0.3) is 17.3 Å². The Kier molecular flexibility index (Phi) is 3.11. The Morgan fingerprint density at radius 3 is 2.75 bits per heavy atom. The topological polar surface area (TPSA) is 81.1 Å². The van der Waals surface area contributed by atoms with Gasteiger partial charge in [0.2, 0.25) is 0 Å². The van der Waals surface area contributed by atoms with E-state index in [0.717, 1.165) is 0 Å². The first-order valence-electron chi connectivity index (χ1n) is 5.65. The molecule has 0 fully saturated rings. The molecule has 0 atom stereocenters. The average Bonchev–Trinajstić information content (AvgIpc) is 3.05. The van der Waals surface area contributed by atoms with Crippen LogP contribution in [0.5, 0.6) is 0 Å². The van der Waals surface area contributed by atoms with Crippen LogP contribution in [0.15, 0.2) is 51.8 Å². The summed E-state index contributed by atoms with van der Waals surface area (Å²) >= 11 is 3.18. The predicted octanol–water partition coefficient (Wildman–Crippen LogP) is 2.99. The molecule has 0 bridgehead atoms. The quantitative estimate of drug-likeness (QED) is 0.796. The van der Waals surface area contributed by atoms with E-state index < -0.39 is 5.97 Å². The van der Waals surface area contributed by atoms with Crippen LogP contribution in [0.3, 0.4) is 0 Å². The highest BCUT2D eigenvalue weighted by Gasteiger charge is 2.20. The maximum Gasteiger partial charge on any atom is 0.339 e. The van der Waals surface area contributed by atoms with Crippen molar-refractivity contribution in [2.24, 2.45) is 0 Å². The molecule has 0 radical (unpaired) electrons. The molecule has 0 amide bonds. The largest absolute Gasteiger partial charge is 0.478 e. The first-order chi connectivity index (χ1) is 9.65. The van der Waals surface area contributed by atoms with E-state index >= 15 is 0 Å². The Morgan fingerprint density at radius 2 is 2.15 bits per heavy atom. The van der Waals surface area contributed by atoms with Crippen LogP contribution in [0, 0.1) is 0 Å². The summed E-state index contributed by atoms with van der Waals surface area (Å²) in [5.41, 5.74) is 0.311. The first-order valence-corrected chi connectivity index (χ1v) is 6.44. The average molecular weight is 334 g/mol. The summed E-state index contributed by atoms with van der Waals surface area (Å²) in [7, 11) is 0. The van der Waals surface area contributed by atoms with Crippen molar-refractivity contribution >= 4 is 21.9 Å². The maximum absolute atomic E-state index is 11.3. The molecule has 3 heterocycles. The van der Waals surface area contributed by atoms with Crippen LogP contribution in [0.1, 0.15) is 10.4 Å². The van der Waals surface area contributed by atoms with Crippen molar-refractivity contribution in [1.82, 2.24) is 14.8 Å². The molecule has 3 aromatic rings. The Morgan fingerprint density at radius 1 is 1.30 bits per heavy atom. The molecule has 6 nitrogen and oxygen atoms in total. The van der Waals surface area contributed by atoms with Gasteiger partial charge in [0.05, 0.1) is 0 Å². The highest BCUT2D eigenvalue weighted by Crippen LogP contribution is 2.27. The lowest BCUT2D eigenvalue weighted by Gasteiger charge is -1.97. The van der Waals surface area contributed by atoms with Crippen molar-refractivity contribution in [3.8, 4) is 17.3 Å². The van der Waals surface area contributed by atoms with Crippen molar-refractivity contribution in [1.29, 1.82) is 0 Å². The van der Waals surface area contributed by atoms with Gasteiger partial charge in [-0.2, -0.15) is 5.10 Å². The highest BCUT2D eigenvalue weighted by molar-refractivity contribution is 9.10. The molecule has 20 heavy (non-hydrogen) atoms. The summed E-state index contributed by atoms with van der Waals surface area (Å²) in [4.78, 5) is 15.4. The molecule has 1 N–H and O–H groups in total. The molecule has 0 spiro atoms.